The van der Waals surface area contributed by atoms with Gasteiger partial charge in [-0.1, -0.05) is 0 Å². The van der Waals surface area contributed by atoms with Gasteiger partial charge in [-0.2, -0.15) is 15.0 Å². The van der Waals surface area contributed by atoms with Gasteiger partial charge in [0, 0.05) is 13.1 Å². The summed E-state index contributed by atoms with van der Waals surface area (Å²) in [7, 11) is 1.79. The molecular weight excluding hydrogens is 216 g/mol. The van der Waals surface area contributed by atoms with Crippen LogP contribution in [0.2, 0.25) is 0 Å². The lowest BCUT2D eigenvalue weighted by Gasteiger charge is -2.09. The third-order valence-corrected chi connectivity index (χ3v) is 2.77. The van der Waals surface area contributed by atoms with E-state index < -0.39 is 0 Å². The maximum absolute atomic E-state index is 4.39. The number of aliphatic imine (C=N–C) groups is 1. The molecule has 6 nitrogen and oxygen atoms in total. The quantitative estimate of drug-likeness (QED) is 0.588. The van der Waals surface area contributed by atoms with Gasteiger partial charge >= 0.3 is 0 Å². The summed E-state index contributed by atoms with van der Waals surface area (Å²) in [6, 6.07) is 0.605. The molecule has 0 unspecified atom stereocenters. The summed E-state index contributed by atoms with van der Waals surface area (Å²) < 4.78 is 0. The number of nitrogens with one attached hydrogen (secondary N) is 2. The van der Waals surface area contributed by atoms with Gasteiger partial charge in [0.25, 0.3) is 0 Å². The molecule has 1 aliphatic rings. The van der Waals surface area contributed by atoms with Gasteiger partial charge in [0.1, 0.15) is 5.69 Å². The topological polar surface area (TPSA) is 67.1 Å². The zero-order valence-electron chi connectivity index (χ0n) is 10.7. The molecule has 0 saturated heterocycles. The fourth-order valence-corrected chi connectivity index (χ4v) is 1.55. The molecule has 2 N–H and O–H groups in total. The summed E-state index contributed by atoms with van der Waals surface area (Å²) in [6.45, 7) is 5.48. The number of rotatable bonds is 4. The van der Waals surface area contributed by atoms with Gasteiger partial charge in [0.15, 0.2) is 5.96 Å². The van der Waals surface area contributed by atoms with Crippen LogP contribution >= 0.6 is 0 Å². The van der Waals surface area contributed by atoms with Crippen molar-refractivity contribution in [3.63, 3.8) is 0 Å². The third-order valence-electron chi connectivity index (χ3n) is 2.77. The van der Waals surface area contributed by atoms with E-state index in [9.17, 15) is 0 Å². The molecule has 1 aliphatic carbocycles. The smallest absolute Gasteiger partial charge is 0.191 e. The highest BCUT2D eigenvalue weighted by atomic mass is 15.5. The monoisotopic (exact) mass is 236 g/mol. The number of aryl methyl sites for hydroxylation is 2. The number of hydrogen-bond donors (Lipinski definition) is 2. The zero-order valence-corrected chi connectivity index (χ0v) is 10.7. The molecule has 0 bridgehead atoms. The summed E-state index contributed by atoms with van der Waals surface area (Å²) in [5, 5.41) is 15.3. The van der Waals surface area contributed by atoms with Crippen LogP contribution in [0.5, 0.6) is 0 Å². The first-order valence-electron chi connectivity index (χ1n) is 6.10. The Kier molecular flexibility index (Phi) is 3.61. The van der Waals surface area contributed by atoms with Crippen molar-refractivity contribution < 1.29 is 0 Å². The summed E-state index contributed by atoms with van der Waals surface area (Å²) in [5.41, 5.74) is 1.95. The number of hydrogen-bond acceptors (Lipinski definition) is 3. The van der Waals surface area contributed by atoms with Crippen LogP contribution in [-0.4, -0.2) is 34.0 Å². The predicted molar refractivity (Wildman–Crippen MR) is 66.8 cm³/mol. The van der Waals surface area contributed by atoms with Crippen molar-refractivity contribution in [1.29, 1.82) is 0 Å². The highest BCUT2D eigenvalue weighted by molar-refractivity contribution is 5.80. The summed E-state index contributed by atoms with van der Waals surface area (Å²) >= 11 is 0. The zero-order chi connectivity index (χ0) is 12.3. The summed E-state index contributed by atoms with van der Waals surface area (Å²) in [5.74, 6) is 0.845. The van der Waals surface area contributed by atoms with Gasteiger partial charge in [-0.25, -0.2) is 0 Å². The normalized spacial score (nSPS) is 16.1. The van der Waals surface area contributed by atoms with E-state index in [1.54, 1.807) is 11.8 Å². The lowest BCUT2D eigenvalue weighted by Crippen LogP contribution is -2.38. The van der Waals surface area contributed by atoms with Crippen molar-refractivity contribution in [2.24, 2.45) is 4.99 Å². The highest BCUT2D eigenvalue weighted by Crippen LogP contribution is 2.18. The van der Waals surface area contributed by atoms with Crippen molar-refractivity contribution in [1.82, 2.24) is 25.6 Å². The van der Waals surface area contributed by atoms with E-state index in [1.165, 1.54) is 12.8 Å². The molecule has 1 fully saturated rings. The predicted octanol–water partition coefficient (Wildman–Crippen LogP) is 0.434. The maximum atomic E-state index is 4.39. The third kappa shape index (κ3) is 3.18. The number of aromatic nitrogens is 3. The van der Waals surface area contributed by atoms with E-state index >= 15 is 0 Å². The van der Waals surface area contributed by atoms with Crippen LogP contribution in [0.25, 0.3) is 0 Å². The van der Waals surface area contributed by atoms with Crippen molar-refractivity contribution in [3.8, 4) is 0 Å². The standard InChI is InChI=1S/C11H20N6/c1-4-17-15-8(2)10(16-17)7-13-11(12-3)14-9-5-6-9/h9H,4-7H2,1-3H3,(H2,12,13,14). The van der Waals surface area contributed by atoms with E-state index in [0.717, 1.165) is 23.9 Å². The van der Waals surface area contributed by atoms with Crippen LogP contribution in [0.4, 0.5) is 0 Å². The molecule has 0 aromatic carbocycles. The SMILES string of the molecule is CCn1nc(C)c(CNC(=NC)NC2CC2)n1. The fourth-order valence-electron chi connectivity index (χ4n) is 1.55. The molecule has 6 heteroatoms. The Balaban J connectivity index is 1.88. The van der Waals surface area contributed by atoms with Gasteiger partial charge in [0.2, 0.25) is 0 Å². The van der Waals surface area contributed by atoms with Gasteiger partial charge in [0.05, 0.1) is 18.8 Å². The van der Waals surface area contributed by atoms with Crippen LogP contribution in [0.3, 0.4) is 0 Å². The minimum Gasteiger partial charge on any atom is -0.354 e. The second kappa shape index (κ2) is 5.16. The van der Waals surface area contributed by atoms with Crippen LogP contribution < -0.4 is 10.6 Å². The fraction of sp³-hybridized carbons (Fsp3) is 0.727. The van der Waals surface area contributed by atoms with Gasteiger partial charge < -0.3 is 10.6 Å². The Morgan fingerprint density at radius 1 is 1.47 bits per heavy atom. The largest absolute Gasteiger partial charge is 0.354 e. The van der Waals surface area contributed by atoms with Crippen molar-refractivity contribution in [3.05, 3.63) is 11.4 Å². The van der Waals surface area contributed by atoms with E-state index in [2.05, 4.69) is 25.8 Å². The van der Waals surface area contributed by atoms with E-state index in [-0.39, 0.29) is 0 Å². The Hall–Kier alpha value is -1.59. The summed E-state index contributed by atoms with van der Waals surface area (Å²) in [6.07, 6.45) is 2.48. The molecule has 94 valence electrons. The molecule has 0 aliphatic heterocycles. The molecule has 1 aromatic rings. The Bertz CT molecular complexity index is 404. The molecule has 0 amide bonds. The molecule has 1 saturated carbocycles. The van der Waals surface area contributed by atoms with Crippen LogP contribution in [-0.2, 0) is 13.1 Å². The molecule has 17 heavy (non-hydrogen) atoms. The molecular formula is C11H20N6. The van der Waals surface area contributed by atoms with Crippen molar-refractivity contribution in [2.75, 3.05) is 7.05 Å². The highest BCUT2D eigenvalue weighted by Gasteiger charge is 2.22. The van der Waals surface area contributed by atoms with Crippen molar-refractivity contribution in [2.45, 2.75) is 45.8 Å². The molecule has 0 spiro atoms. The number of guanidine groups is 1. The Morgan fingerprint density at radius 3 is 2.76 bits per heavy atom. The van der Waals surface area contributed by atoms with Gasteiger partial charge in [-0.05, 0) is 26.7 Å². The lowest BCUT2D eigenvalue weighted by atomic mass is 10.3. The Labute approximate surface area is 102 Å². The minimum atomic E-state index is 0.605. The molecule has 0 radical (unpaired) electrons. The number of nitrogens with zero attached hydrogens (tertiary/aromatic N) is 4. The first kappa shape index (κ1) is 11.9. The average Bonchev–Trinajstić information content (AvgIpc) is 3.08. The van der Waals surface area contributed by atoms with Gasteiger partial charge in [-0.15, -0.1) is 0 Å². The van der Waals surface area contributed by atoms with Crippen LogP contribution in [0, 0.1) is 6.92 Å². The molecule has 0 atom stereocenters. The van der Waals surface area contributed by atoms with Crippen molar-refractivity contribution >= 4 is 5.96 Å². The first-order valence-corrected chi connectivity index (χ1v) is 6.10. The maximum Gasteiger partial charge on any atom is 0.191 e. The van der Waals surface area contributed by atoms with E-state index in [4.69, 9.17) is 0 Å². The minimum absolute atomic E-state index is 0.605. The Morgan fingerprint density at radius 2 is 2.24 bits per heavy atom. The lowest BCUT2D eigenvalue weighted by molar-refractivity contribution is 0.560. The molecule has 1 aromatic heterocycles. The van der Waals surface area contributed by atoms with E-state index in [0.29, 0.717) is 12.6 Å². The van der Waals surface area contributed by atoms with Crippen LogP contribution in [0.1, 0.15) is 31.2 Å². The van der Waals surface area contributed by atoms with Gasteiger partial charge in [-0.3, -0.25) is 4.99 Å². The average molecular weight is 236 g/mol. The molecule has 1 heterocycles. The van der Waals surface area contributed by atoms with Crippen LogP contribution in [0.15, 0.2) is 4.99 Å². The second-order valence-electron chi connectivity index (χ2n) is 4.26. The van der Waals surface area contributed by atoms with E-state index in [1.807, 2.05) is 13.8 Å². The molecule has 2 rings (SSSR count). The second-order valence-corrected chi connectivity index (χ2v) is 4.26. The summed E-state index contributed by atoms with van der Waals surface area (Å²) in [4.78, 5) is 5.89. The first-order chi connectivity index (χ1) is 8.22.